The van der Waals surface area contributed by atoms with Crippen LogP contribution in [0.25, 0.3) is 0 Å². The van der Waals surface area contributed by atoms with Gasteiger partial charge in [0.25, 0.3) is 0 Å². The second-order valence-electron chi connectivity index (χ2n) is 17.4. The summed E-state index contributed by atoms with van der Waals surface area (Å²) in [7, 11) is 0. The van der Waals surface area contributed by atoms with Gasteiger partial charge in [-0.3, -0.25) is 24.0 Å². The molecule has 1 aliphatic rings. The zero-order chi connectivity index (χ0) is 41.2. The molecule has 1 heterocycles. The van der Waals surface area contributed by atoms with Crippen LogP contribution in [0.4, 0.5) is 4.79 Å². The summed E-state index contributed by atoms with van der Waals surface area (Å²) in [4.78, 5) is 80.4. The van der Waals surface area contributed by atoms with Crippen molar-refractivity contribution in [3.63, 3.8) is 0 Å². The van der Waals surface area contributed by atoms with Gasteiger partial charge in [0.15, 0.2) is 24.5 Å². The first-order valence-corrected chi connectivity index (χ1v) is 19.4. The molecule has 2 rings (SSSR count). The highest BCUT2D eigenvalue weighted by Gasteiger charge is 2.55. The lowest BCUT2D eigenvalue weighted by Gasteiger charge is -2.46. The van der Waals surface area contributed by atoms with Crippen LogP contribution < -0.4 is 10.6 Å². The monoisotopic (exact) mass is 780 g/mol. The average Bonchev–Trinajstić information content (AvgIpc) is 3.05. The van der Waals surface area contributed by atoms with Crippen molar-refractivity contribution in [2.24, 2.45) is 21.7 Å². The molecule has 1 saturated heterocycles. The molecular formula is C39H60N2O12S. The molecule has 1 fully saturated rings. The van der Waals surface area contributed by atoms with Gasteiger partial charge in [0.05, 0.1) is 21.7 Å². The summed E-state index contributed by atoms with van der Waals surface area (Å²) in [5, 5.41) is 5.32. The van der Waals surface area contributed by atoms with Crippen LogP contribution in [-0.2, 0) is 59.0 Å². The van der Waals surface area contributed by atoms with Crippen LogP contribution in [0.15, 0.2) is 30.3 Å². The second kappa shape index (κ2) is 19.1. The normalized spacial score (nSPS) is 21.2. The lowest BCUT2D eigenvalue weighted by Crippen LogP contribution is -2.68. The molecule has 15 heteroatoms. The molecule has 1 aromatic carbocycles. The minimum Gasteiger partial charge on any atom is -0.462 e. The maximum atomic E-state index is 14.0. The highest BCUT2D eigenvalue weighted by Crippen LogP contribution is 2.33. The van der Waals surface area contributed by atoms with E-state index in [9.17, 15) is 28.8 Å². The van der Waals surface area contributed by atoms with Crippen molar-refractivity contribution in [2.45, 2.75) is 133 Å². The number of nitrogens with one attached hydrogen (secondary N) is 2. The third-order valence-electron chi connectivity index (χ3n) is 7.91. The van der Waals surface area contributed by atoms with E-state index in [4.69, 9.17) is 28.4 Å². The number of alkyl carbamates (subject to hydrolysis) is 1. The smallest absolute Gasteiger partial charge is 0.408 e. The minimum atomic E-state index is -1.58. The lowest BCUT2D eigenvalue weighted by atomic mass is 9.92. The zero-order valence-electron chi connectivity index (χ0n) is 34.0. The summed E-state index contributed by atoms with van der Waals surface area (Å²) in [5.41, 5.74) is -3.37. The van der Waals surface area contributed by atoms with E-state index in [0.717, 1.165) is 5.56 Å². The Kier molecular flexibility index (Phi) is 16.4. The molecule has 2 N–H and O–H groups in total. The fourth-order valence-electron chi connectivity index (χ4n) is 4.50. The Labute approximate surface area is 323 Å². The molecule has 1 aliphatic heterocycles. The molecule has 1 aromatic rings. The Morgan fingerprint density at radius 3 is 1.65 bits per heavy atom. The van der Waals surface area contributed by atoms with Crippen molar-refractivity contribution in [2.75, 3.05) is 18.6 Å². The predicted molar refractivity (Wildman–Crippen MR) is 202 cm³/mol. The van der Waals surface area contributed by atoms with Crippen molar-refractivity contribution in [3.05, 3.63) is 35.9 Å². The van der Waals surface area contributed by atoms with E-state index in [2.05, 4.69) is 10.6 Å². The summed E-state index contributed by atoms with van der Waals surface area (Å²) >= 11 is 1.44. The van der Waals surface area contributed by atoms with Crippen molar-refractivity contribution >= 4 is 47.6 Å². The highest BCUT2D eigenvalue weighted by molar-refractivity contribution is 7.98. The van der Waals surface area contributed by atoms with Gasteiger partial charge in [-0.05, 0) is 107 Å². The maximum absolute atomic E-state index is 14.0. The van der Waals surface area contributed by atoms with Crippen LogP contribution in [0.2, 0.25) is 0 Å². The van der Waals surface area contributed by atoms with Crippen LogP contribution in [0.1, 0.15) is 95.1 Å². The molecule has 0 radical (unpaired) electrons. The first-order chi connectivity index (χ1) is 24.7. The SMILES string of the molecule is CSCC[C@H](NC(=O)OCc1ccccc1)C(=O)N[C@@H]1O[C@H](COC(=O)C(C)(C)C)[C@H](OC(=O)C(C)(C)C)[C@H](OC(=O)C(C)(C)C)[C@H]1OC(=O)C(C)(C)C. The van der Waals surface area contributed by atoms with E-state index in [1.807, 2.05) is 12.3 Å². The number of carbonyl (C=O) groups excluding carboxylic acids is 6. The van der Waals surface area contributed by atoms with Crippen LogP contribution in [0.5, 0.6) is 0 Å². The Balaban J connectivity index is 2.65. The number of hydrogen-bond acceptors (Lipinski definition) is 13. The third-order valence-corrected chi connectivity index (χ3v) is 8.55. The van der Waals surface area contributed by atoms with Crippen molar-refractivity contribution in [1.82, 2.24) is 10.6 Å². The van der Waals surface area contributed by atoms with Gasteiger partial charge < -0.3 is 39.1 Å². The Morgan fingerprint density at radius 2 is 1.17 bits per heavy atom. The summed E-state index contributed by atoms with van der Waals surface area (Å²) in [6.07, 6.45) is -6.32. The van der Waals surface area contributed by atoms with Gasteiger partial charge >= 0.3 is 30.0 Å². The number of rotatable bonds is 13. The highest BCUT2D eigenvalue weighted by atomic mass is 32.2. The molecule has 304 valence electrons. The summed E-state index contributed by atoms with van der Waals surface area (Å²) in [6, 6.07) is 7.86. The van der Waals surface area contributed by atoms with Gasteiger partial charge in [0.1, 0.15) is 25.4 Å². The van der Waals surface area contributed by atoms with Crippen molar-refractivity contribution < 1.29 is 57.2 Å². The molecule has 54 heavy (non-hydrogen) atoms. The fourth-order valence-corrected chi connectivity index (χ4v) is 4.97. The van der Waals surface area contributed by atoms with Crippen molar-refractivity contribution in [3.8, 4) is 0 Å². The molecule has 0 aliphatic carbocycles. The molecular weight excluding hydrogens is 720 g/mol. The standard InChI is InChI=1S/C39H60N2O12S/c1-36(2,3)31(43)48-22-25-26(51-32(44)37(4,5)6)27(52-33(45)38(7,8)9)28(53-34(46)39(10,11)12)30(50-25)41-29(42)24(19-20-54-13)40-35(47)49-21-23-17-15-14-16-18-23/h14-18,24-28,30H,19-22H2,1-13H3,(H,40,47)(H,41,42)/t24-,25+,26-,27-,28+,30+/m0/s1. The van der Waals surface area contributed by atoms with Gasteiger partial charge in [0, 0.05) is 0 Å². The lowest BCUT2D eigenvalue weighted by molar-refractivity contribution is -0.264. The Morgan fingerprint density at radius 1 is 0.685 bits per heavy atom. The van der Waals surface area contributed by atoms with Gasteiger partial charge in [-0.2, -0.15) is 11.8 Å². The summed E-state index contributed by atoms with van der Waals surface area (Å²) < 4.78 is 35.3. The van der Waals surface area contributed by atoms with E-state index in [1.165, 1.54) is 11.8 Å². The number of hydrogen-bond donors (Lipinski definition) is 2. The number of amides is 2. The largest absolute Gasteiger partial charge is 0.462 e. The number of thioether (sulfide) groups is 1. The molecule has 0 bridgehead atoms. The van der Waals surface area contributed by atoms with E-state index >= 15 is 0 Å². The minimum absolute atomic E-state index is 0.0371. The molecule has 6 atom stereocenters. The summed E-state index contributed by atoms with van der Waals surface area (Å²) in [6.45, 7) is 19.0. The molecule has 14 nitrogen and oxygen atoms in total. The average molecular weight is 781 g/mol. The Bertz CT molecular complexity index is 1460. The quantitative estimate of drug-likeness (QED) is 0.194. The van der Waals surface area contributed by atoms with E-state index < -0.39 is 101 Å². The molecule has 0 aromatic heterocycles. The van der Waals surface area contributed by atoms with Gasteiger partial charge in [-0.15, -0.1) is 0 Å². The van der Waals surface area contributed by atoms with Crippen molar-refractivity contribution in [1.29, 1.82) is 0 Å². The molecule has 0 spiro atoms. The summed E-state index contributed by atoms with van der Waals surface area (Å²) in [5.74, 6) is -3.07. The van der Waals surface area contributed by atoms with Crippen LogP contribution in [0.3, 0.4) is 0 Å². The van der Waals surface area contributed by atoms with E-state index in [0.29, 0.717) is 5.75 Å². The number of ether oxygens (including phenoxy) is 6. The maximum Gasteiger partial charge on any atom is 0.408 e. The topological polar surface area (TPSA) is 182 Å². The zero-order valence-corrected chi connectivity index (χ0v) is 34.8. The predicted octanol–water partition coefficient (Wildman–Crippen LogP) is 5.34. The third kappa shape index (κ3) is 14.4. The molecule has 2 amide bonds. The van der Waals surface area contributed by atoms with Crippen LogP contribution in [-0.4, -0.2) is 91.2 Å². The van der Waals surface area contributed by atoms with Crippen LogP contribution >= 0.6 is 11.8 Å². The Hall–Kier alpha value is -3.85. The molecule has 0 saturated carbocycles. The van der Waals surface area contributed by atoms with E-state index in [1.54, 1.807) is 107 Å². The van der Waals surface area contributed by atoms with Gasteiger partial charge in [0.2, 0.25) is 5.91 Å². The van der Waals surface area contributed by atoms with Gasteiger partial charge in [-0.1, -0.05) is 30.3 Å². The fraction of sp³-hybridized carbons (Fsp3) is 0.692. The first-order valence-electron chi connectivity index (χ1n) is 18.0. The number of benzene rings is 1. The van der Waals surface area contributed by atoms with Crippen LogP contribution in [0, 0.1) is 21.7 Å². The van der Waals surface area contributed by atoms with E-state index in [-0.39, 0.29) is 13.0 Å². The number of carbonyl (C=O) groups is 6. The second-order valence-corrected chi connectivity index (χ2v) is 18.3. The van der Waals surface area contributed by atoms with Gasteiger partial charge in [-0.25, -0.2) is 4.79 Å². The first kappa shape index (κ1) is 46.3. The number of esters is 4. The molecule has 0 unspecified atom stereocenters.